The van der Waals surface area contributed by atoms with Gasteiger partial charge in [-0.2, -0.15) is 15.6 Å². The Hall–Kier alpha value is -3.50. The molecule has 2 aromatic heterocycles. The number of hydrogen-bond acceptors (Lipinski definition) is 12. The molecule has 2 unspecified atom stereocenters. The van der Waals surface area contributed by atoms with Gasteiger partial charge in [-0.1, -0.05) is 116 Å². The van der Waals surface area contributed by atoms with Gasteiger partial charge in [-0.15, -0.1) is 0 Å². The van der Waals surface area contributed by atoms with Crippen molar-refractivity contribution in [2.24, 2.45) is 0 Å². The van der Waals surface area contributed by atoms with Crippen LogP contribution in [-0.4, -0.2) is 61.9 Å². The van der Waals surface area contributed by atoms with Crippen LogP contribution in [0.2, 0.25) is 0 Å². The largest absolute Gasteiger partial charge is 0.472 e. The van der Waals surface area contributed by atoms with E-state index in [0.29, 0.717) is 23.2 Å². The number of ether oxygens (including phenoxy) is 4. The summed E-state index contributed by atoms with van der Waals surface area (Å²) in [4.78, 5) is 15.1. The molecule has 2 aliphatic heterocycles. The molecule has 1 saturated carbocycles. The molecule has 3 aromatic rings. The third-order valence-electron chi connectivity index (χ3n) is 11.9. The topological polar surface area (TPSA) is 196 Å². The summed E-state index contributed by atoms with van der Waals surface area (Å²) in [6.45, 7) is 5.30. The second-order valence-electron chi connectivity index (χ2n) is 17.0. The van der Waals surface area contributed by atoms with E-state index in [0.717, 1.165) is 31.7 Å². The van der Waals surface area contributed by atoms with E-state index >= 15 is 0 Å². The van der Waals surface area contributed by atoms with Crippen LogP contribution in [0.3, 0.4) is 0 Å². The molecule has 1 aromatic carbocycles. The van der Waals surface area contributed by atoms with Crippen molar-refractivity contribution in [3.05, 3.63) is 59.3 Å². The molecule has 16 heteroatoms. The number of nitriles is 2. The van der Waals surface area contributed by atoms with Crippen molar-refractivity contribution >= 4 is 19.2 Å². The number of halogens is 1. The second kappa shape index (κ2) is 20.6. The monoisotopic (exact) mass is 852 g/mol. The van der Waals surface area contributed by atoms with Gasteiger partial charge in [0.2, 0.25) is 5.60 Å². The Morgan fingerprint density at radius 3 is 2.20 bits per heavy atom. The zero-order valence-electron chi connectivity index (χ0n) is 35.4. The van der Waals surface area contributed by atoms with Gasteiger partial charge < -0.3 is 29.6 Å². The van der Waals surface area contributed by atoms with Gasteiger partial charge >= 0.3 is 7.82 Å². The minimum atomic E-state index is -4.76. The fourth-order valence-electron chi connectivity index (χ4n) is 8.82. The summed E-state index contributed by atoms with van der Waals surface area (Å²) in [5.41, 5.74) is 4.36. The first kappa shape index (κ1) is 46.0. The van der Waals surface area contributed by atoms with Gasteiger partial charge in [0.25, 0.3) is 0 Å². The predicted molar refractivity (Wildman–Crippen MR) is 221 cm³/mol. The molecule has 328 valence electrons. The third kappa shape index (κ3) is 10.9. The average Bonchev–Trinajstić information content (AvgIpc) is 3.53. The highest BCUT2D eigenvalue weighted by molar-refractivity contribution is 7.47. The minimum absolute atomic E-state index is 0.0269. The highest BCUT2D eigenvalue weighted by Gasteiger charge is 2.89. The van der Waals surface area contributed by atoms with Crippen LogP contribution in [0.4, 0.5) is 10.2 Å². The fourth-order valence-corrected chi connectivity index (χ4v) is 9.79. The molecular formula is C44H62FN6O8P. The molecule has 1 spiro atoms. The fraction of sp³-hybridized carbons (Fsp3) is 0.682. The molecule has 60 heavy (non-hydrogen) atoms. The molecule has 7 atom stereocenters. The number of nitrogen functional groups attached to an aromatic ring is 1. The quantitative estimate of drug-likeness (QED) is 0.0544. The Morgan fingerprint density at radius 1 is 0.950 bits per heavy atom. The Morgan fingerprint density at radius 2 is 1.58 bits per heavy atom. The summed E-state index contributed by atoms with van der Waals surface area (Å²) in [5.74, 6) is -1.54. The zero-order valence-corrected chi connectivity index (χ0v) is 36.3. The van der Waals surface area contributed by atoms with Crippen LogP contribution in [0, 0.1) is 28.5 Å². The van der Waals surface area contributed by atoms with Crippen molar-refractivity contribution in [2.45, 2.75) is 184 Å². The van der Waals surface area contributed by atoms with Crippen LogP contribution < -0.4 is 5.73 Å². The van der Waals surface area contributed by atoms with E-state index in [1.807, 2.05) is 6.07 Å². The van der Waals surface area contributed by atoms with Crippen molar-refractivity contribution in [1.82, 2.24) is 14.6 Å². The first-order chi connectivity index (χ1) is 28.9. The van der Waals surface area contributed by atoms with Crippen molar-refractivity contribution in [2.75, 3.05) is 12.3 Å². The standard InChI is InChI=1S/C44H62FN6O8P/c1-4-5-6-7-8-9-10-11-12-13-14-15-16-17-18-19-20-21-35(54-28-33-24-32(27-46)25-34(45)26-33)29-55-60(52,53)58-39-38-44(39)41(57-42(2,3)59-44)43(30-47,56-38)37-23-22-36-40(48)49-31-50-51(36)37/h22-26,31,35,38-39,41H,4-21,28-29H2,1-3H3,(H,52,53)(H2,48,49,50)/t35-,38-,39?,41+,43+,44+/m1/s1. The number of hydrogen-bond donors (Lipinski definition) is 2. The number of fused-ring (bicyclic) bond motifs is 1. The molecule has 0 amide bonds. The molecule has 1 aliphatic carbocycles. The lowest BCUT2D eigenvalue weighted by Gasteiger charge is -2.30. The van der Waals surface area contributed by atoms with E-state index in [1.165, 1.54) is 100 Å². The summed E-state index contributed by atoms with van der Waals surface area (Å²) >= 11 is 0. The smallest absolute Gasteiger partial charge is 0.382 e. The molecule has 2 saturated heterocycles. The molecule has 3 aliphatic rings. The Bertz CT molecular complexity index is 2020. The molecule has 3 N–H and O–H groups in total. The van der Waals surface area contributed by atoms with E-state index < -0.39 is 55.0 Å². The molecule has 6 rings (SSSR count). The number of anilines is 1. The van der Waals surface area contributed by atoms with Gasteiger partial charge in [-0.25, -0.2) is 18.5 Å². The lowest BCUT2D eigenvalue weighted by molar-refractivity contribution is -0.188. The first-order valence-electron chi connectivity index (χ1n) is 21.9. The minimum Gasteiger partial charge on any atom is -0.382 e. The molecule has 0 bridgehead atoms. The molecule has 4 heterocycles. The van der Waals surface area contributed by atoms with Crippen molar-refractivity contribution in [1.29, 1.82) is 10.5 Å². The molecular weight excluding hydrogens is 790 g/mol. The predicted octanol–water partition coefficient (Wildman–Crippen LogP) is 9.47. The van der Waals surface area contributed by atoms with Gasteiger partial charge in [-0.3, -0.25) is 9.05 Å². The maximum atomic E-state index is 14.2. The van der Waals surface area contributed by atoms with Crippen molar-refractivity contribution < 1.29 is 41.8 Å². The SMILES string of the molecule is CCCCCCCCCCCCCCCCCCC[C@H](COP(=O)(O)OC1[C@H]2O[C@@](C#N)(c3ccc4c(N)ncnn34)[C@@H]3OC(C)(C)O[C@]123)OCc1cc(F)cc(C#N)c1. The molecule has 0 radical (unpaired) electrons. The number of phosphoric ester groups is 1. The van der Waals surface area contributed by atoms with Crippen LogP contribution in [0.25, 0.3) is 5.52 Å². The molecule has 14 nitrogen and oxygen atoms in total. The lowest BCUT2D eigenvalue weighted by atomic mass is 9.90. The van der Waals surface area contributed by atoms with Gasteiger partial charge in [-0.05, 0) is 56.2 Å². The average molecular weight is 853 g/mol. The summed E-state index contributed by atoms with van der Waals surface area (Å²) < 4.78 is 65.5. The Kier molecular flexibility index (Phi) is 15.8. The van der Waals surface area contributed by atoms with Gasteiger partial charge in [0.15, 0.2) is 17.2 Å². The van der Waals surface area contributed by atoms with Crippen LogP contribution in [0.1, 0.15) is 153 Å². The highest BCUT2D eigenvalue weighted by atomic mass is 31.2. The van der Waals surface area contributed by atoms with E-state index in [4.69, 9.17) is 33.7 Å². The number of phosphoric acid groups is 1. The number of benzene rings is 1. The Balaban J connectivity index is 0.987. The van der Waals surface area contributed by atoms with E-state index in [1.54, 1.807) is 32.0 Å². The van der Waals surface area contributed by atoms with E-state index in [-0.39, 0.29) is 24.6 Å². The second-order valence-corrected chi connectivity index (χ2v) is 18.4. The van der Waals surface area contributed by atoms with Crippen LogP contribution in [0.15, 0.2) is 36.7 Å². The third-order valence-corrected chi connectivity index (χ3v) is 12.8. The number of aromatic nitrogens is 3. The summed E-state index contributed by atoms with van der Waals surface area (Å²) in [5, 5.41) is 24.2. The zero-order chi connectivity index (χ0) is 42.8. The number of nitrogens with zero attached hydrogens (tertiary/aromatic N) is 5. The van der Waals surface area contributed by atoms with Crippen molar-refractivity contribution in [3.63, 3.8) is 0 Å². The lowest BCUT2D eigenvalue weighted by Crippen LogP contribution is -2.46. The summed E-state index contributed by atoms with van der Waals surface area (Å²) in [7, 11) is -4.76. The van der Waals surface area contributed by atoms with Crippen LogP contribution >= 0.6 is 7.82 Å². The summed E-state index contributed by atoms with van der Waals surface area (Å²) in [6, 6.07) is 11.5. The normalized spacial score (nSPS) is 25.4. The van der Waals surface area contributed by atoms with Gasteiger partial charge in [0.1, 0.15) is 42.0 Å². The maximum absolute atomic E-state index is 14.2. The van der Waals surface area contributed by atoms with Crippen LogP contribution in [0.5, 0.6) is 0 Å². The van der Waals surface area contributed by atoms with E-state index in [9.17, 15) is 24.4 Å². The Labute approximate surface area is 353 Å². The van der Waals surface area contributed by atoms with Gasteiger partial charge in [0, 0.05) is 0 Å². The van der Waals surface area contributed by atoms with Crippen LogP contribution in [-0.2, 0) is 44.8 Å². The molecule has 3 fully saturated rings. The highest BCUT2D eigenvalue weighted by Crippen LogP contribution is 2.69. The number of rotatable bonds is 27. The van der Waals surface area contributed by atoms with Crippen molar-refractivity contribution in [3.8, 4) is 12.1 Å². The van der Waals surface area contributed by atoms with Gasteiger partial charge in [0.05, 0.1) is 36.6 Å². The number of unbranched alkanes of at least 4 members (excludes halogenated alkanes) is 16. The number of nitrogens with two attached hydrogens (primary N) is 1. The maximum Gasteiger partial charge on any atom is 0.472 e. The first-order valence-corrected chi connectivity index (χ1v) is 23.4. The van der Waals surface area contributed by atoms with E-state index in [2.05, 4.69) is 23.1 Å². The summed E-state index contributed by atoms with van der Waals surface area (Å²) in [6.07, 6.45) is 19.2.